The number of piperazine rings is 1. The number of hydrogen-bond acceptors (Lipinski definition) is 8. The van der Waals surface area contributed by atoms with Gasteiger partial charge in [0.1, 0.15) is 17.4 Å². The Morgan fingerprint density at radius 1 is 1.14 bits per heavy atom. The molecule has 1 saturated heterocycles. The molecule has 1 aliphatic rings. The van der Waals surface area contributed by atoms with Gasteiger partial charge >= 0.3 is 6.09 Å². The second-order valence-electron chi connectivity index (χ2n) is 8.03. The SMILES string of the molecule is CS(=O)(=O)OCc1cc(Oc2ccc(N3CCN(C(=O)O)CC3)nc2)nc(-c2cc(F)cc(Br)c2)c1. The van der Waals surface area contributed by atoms with Crippen LogP contribution >= 0.6 is 15.9 Å². The minimum Gasteiger partial charge on any atom is -0.465 e. The van der Waals surface area contributed by atoms with E-state index in [1.54, 1.807) is 24.3 Å². The molecule has 10 nitrogen and oxygen atoms in total. The van der Waals surface area contributed by atoms with E-state index in [2.05, 4.69) is 25.9 Å². The van der Waals surface area contributed by atoms with E-state index in [0.717, 1.165) is 6.26 Å². The number of halogens is 2. The topological polar surface area (TPSA) is 122 Å². The van der Waals surface area contributed by atoms with E-state index in [1.165, 1.54) is 29.3 Å². The van der Waals surface area contributed by atoms with Crippen molar-refractivity contribution in [3.05, 3.63) is 64.5 Å². The highest BCUT2D eigenvalue weighted by Gasteiger charge is 2.21. The maximum atomic E-state index is 14.0. The van der Waals surface area contributed by atoms with Crippen LogP contribution < -0.4 is 9.64 Å². The number of carbonyl (C=O) groups is 1. The van der Waals surface area contributed by atoms with Gasteiger partial charge in [-0.1, -0.05) is 15.9 Å². The molecule has 2 aromatic heterocycles. The average Bonchev–Trinajstić information content (AvgIpc) is 2.82. The Labute approximate surface area is 215 Å². The quantitative estimate of drug-likeness (QED) is 0.411. The Bertz CT molecular complexity index is 1350. The number of rotatable bonds is 7. The van der Waals surface area contributed by atoms with Crippen molar-refractivity contribution < 1.29 is 31.6 Å². The van der Waals surface area contributed by atoms with Crippen LogP contribution in [0.3, 0.4) is 0 Å². The van der Waals surface area contributed by atoms with E-state index < -0.39 is 22.0 Å². The summed E-state index contributed by atoms with van der Waals surface area (Å²) in [5.41, 5.74) is 1.28. The Balaban J connectivity index is 1.55. The highest BCUT2D eigenvalue weighted by molar-refractivity contribution is 9.10. The van der Waals surface area contributed by atoms with E-state index in [-0.39, 0.29) is 12.5 Å². The first-order valence-corrected chi connectivity index (χ1v) is 13.4. The molecule has 0 unspecified atom stereocenters. The molecule has 0 saturated carbocycles. The van der Waals surface area contributed by atoms with Crippen molar-refractivity contribution in [3.63, 3.8) is 0 Å². The summed E-state index contributed by atoms with van der Waals surface area (Å²) in [4.78, 5) is 23.3. The highest BCUT2D eigenvalue weighted by atomic mass is 79.9. The fraction of sp³-hybridized carbons (Fsp3) is 0.261. The predicted molar refractivity (Wildman–Crippen MR) is 133 cm³/mol. The number of nitrogens with zero attached hydrogens (tertiary/aromatic N) is 4. The first-order valence-electron chi connectivity index (χ1n) is 10.7. The lowest BCUT2D eigenvalue weighted by Crippen LogP contribution is -2.48. The van der Waals surface area contributed by atoms with E-state index in [0.29, 0.717) is 59.0 Å². The van der Waals surface area contributed by atoms with Crippen LogP contribution in [0.2, 0.25) is 0 Å². The molecule has 3 aromatic rings. The normalized spacial score (nSPS) is 14.1. The Hall–Kier alpha value is -3.29. The Morgan fingerprint density at radius 2 is 1.89 bits per heavy atom. The van der Waals surface area contributed by atoms with Gasteiger partial charge in [-0.15, -0.1) is 0 Å². The zero-order chi connectivity index (χ0) is 25.9. The second-order valence-corrected chi connectivity index (χ2v) is 10.6. The third kappa shape index (κ3) is 6.89. The summed E-state index contributed by atoms with van der Waals surface area (Å²) in [5, 5.41) is 9.09. The molecule has 0 radical (unpaired) electrons. The second kappa shape index (κ2) is 10.8. The van der Waals surface area contributed by atoms with E-state index in [1.807, 2.05) is 4.90 Å². The number of hydrogen-bond donors (Lipinski definition) is 1. The lowest BCUT2D eigenvalue weighted by Gasteiger charge is -2.33. The van der Waals surface area contributed by atoms with Gasteiger partial charge in [-0.3, -0.25) is 4.18 Å². The van der Waals surface area contributed by atoms with Crippen LogP contribution in [-0.2, 0) is 20.9 Å². The third-order valence-corrected chi connectivity index (χ3v) is 6.28. The fourth-order valence-corrected chi connectivity index (χ4v) is 4.40. The lowest BCUT2D eigenvalue weighted by atomic mass is 10.1. The fourth-order valence-electron chi connectivity index (χ4n) is 3.59. The molecule has 1 fully saturated rings. The van der Waals surface area contributed by atoms with Crippen molar-refractivity contribution in [1.29, 1.82) is 0 Å². The maximum Gasteiger partial charge on any atom is 0.407 e. The molecule has 0 bridgehead atoms. The van der Waals surface area contributed by atoms with Crippen molar-refractivity contribution in [2.75, 3.05) is 37.3 Å². The zero-order valence-electron chi connectivity index (χ0n) is 19.1. The van der Waals surface area contributed by atoms with Gasteiger partial charge in [-0.2, -0.15) is 8.42 Å². The predicted octanol–water partition coefficient (Wildman–Crippen LogP) is 4.11. The van der Waals surface area contributed by atoms with E-state index in [4.69, 9.17) is 14.0 Å². The third-order valence-electron chi connectivity index (χ3n) is 5.28. The minimum absolute atomic E-state index is 0.143. The first kappa shape index (κ1) is 25.8. The van der Waals surface area contributed by atoms with Crippen LogP contribution in [0.4, 0.5) is 15.0 Å². The zero-order valence-corrected chi connectivity index (χ0v) is 21.5. The summed E-state index contributed by atoms with van der Waals surface area (Å²) in [6.07, 6.45) is 1.52. The van der Waals surface area contributed by atoms with Crippen molar-refractivity contribution >= 4 is 38.0 Å². The first-order chi connectivity index (χ1) is 17.1. The Kier molecular flexibility index (Phi) is 7.71. The molecule has 36 heavy (non-hydrogen) atoms. The number of benzene rings is 1. The molecule has 0 spiro atoms. The molecule has 0 atom stereocenters. The summed E-state index contributed by atoms with van der Waals surface area (Å²) in [7, 11) is -3.69. The number of carboxylic acid groups (broad SMARTS) is 1. The van der Waals surface area contributed by atoms with Crippen molar-refractivity contribution in [1.82, 2.24) is 14.9 Å². The molecule has 0 aliphatic carbocycles. The van der Waals surface area contributed by atoms with E-state index in [9.17, 15) is 17.6 Å². The summed E-state index contributed by atoms with van der Waals surface area (Å²) < 4.78 is 48.2. The molecule has 4 rings (SSSR count). The van der Waals surface area contributed by atoms with Crippen molar-refractivity contribution in [2.45, 2.75) is 6.61 Å². The molecule has 1 aromatic carbocycles. The van der Waals surface area contributed by atoms with Gasteiger partial charge in [0.25, 0.3) is 10.1 Å². The molecular formula is C23H22BrFN4O6S. The summed E-state index contributed by atoms with van der Waals surface area (Å²) in [6, 6.07) is 10.9. The number of amides is 1. The molecule has 3 heterocycles. The smallest absolute Gasteiger partial charge is 0.407 e. The highest BCUT2D eigenvalue weighted by Crippen LogP contribution is 2.29. The van der Waals surface area contributed by atoms with E-state index >= 15 is 0 Å². The van der Waals surface area contributed by atoms with Crippen LogP contribution in [-0.4, -0.2) is 66.9 Å². The molecule has 190 valence electrons. The summed E-state index contributed by atoms with van der Waals surface area (Å²) in [6.45, 7) is 1.58. The molecule has 1 amide bonds. The largest absolute Gasteiger partial charge is 0.465 e. The number of anilines is 1. The molecular weight excluding hydrogens is 559 g/mol. The van der Waals surface area contributed by atoms with Crippen LogP contribution in [0.15, 0.2) is 53.1 Å². The van der Waals surface area contributed by atoms with Crippen LogP contribution in [0.25, 0.3) is 11.3 Å². The van der Waals surface area contributed by atoms with Crippen LogP contribution in [0, 0.1) is 5.82 Å². The van der Waals surface area contributed by atoms with Gasteiger partial charge < -0.3 is 19.6 Å². The van der Waals surface area contributed by atoms with Gasteiger partial charge in [0.2, 0.25) is 5.88 Å². The van der Waals surface area contributed by atoms with Crippen LogP contribution in [0.5, 0.6) is 11.6 Å². The van der Waals surface area contributed by atoms with Gasteiger partial charge in [-0.25, -0.2) is 19.2 Å². The lowest BCUT2D eigenvalue weighted by molar-refractivity contribution is 0.142. The molecule has 1 aliphatic heterocycles. The number of ether oxygens (including phenoxy) is 1. The minimum atomic E-state index is -3.69. The maximum absolute atomic E-state index is 14.0. The van der Waals surface area contributed by atoms with Crippen LogP contribution in [0.1, 0.15) is 5.56 Å². The summed E-state index contributed by atoms with van der Waals surface area (Å²) >= 11 is 3.26. The summed E-state index contributed by atoms with van der Waals surface area (Å²) in [5.74, 6) is 0.735. The van der Waals surface area contributed by atoms with Gasteiger partial charge in [0.05, 0.1) is 24.8 Å². The Morgan fingerprint density at radius 3 is 2.50 bits per heavy atom. The molecule has 13 heteroatoms. The number of pyridine rings is 2. The van der Waals surface area contributed by atoms with Crippen molar-refractivity contribution in [2.24, 2.45) is 0 Å². The van der Waals surface area contributed by atoms with Crippen molar-refractivity contribution in [3.8, 4) is 22.9 Å². The van der Waals surface area contributed by atoms with Gasteiger partial charge in [0.15, 0.2) is 0 Å². The number of aromatic nitrogens is 2. The average molecular weight is 581 g/mol. The van der Waals surface area contributed by atoms with Gasteiger partial charge in [0, 0.05) is 42.3 Å². The molecule has 1 N–H and O–H groups in total. The monoisotopic (exact) mass is 580 g/mol. The standard InChI is InChI=1S/C23H22BrFN4O6S/c1-36(32,33)34-14-15-8-20(16-10-17(24)12-18(25)11-16)27-22(9-15)35-19-2-3-21(26-13-19)28-4-6-29(7-5-28)23(30)31/h2-3,8-13H,4-7,14H2,1H3,(H,30,31). The van der Waals surface area contributed by atoms with Gasteiger partial charge in [-0.05, 0) is 42.0 Å².